The van der Waals surface area contributed by atoms with Gasteiger partial charge in [-0.25, -0.2) is 18.4 Å². The number of amides is 1. The molecule has 1 aromatic heterocycles. The summed E-state index contributed by atoms with van der Waals surface area (Å²) in [5.41, 5.74) is 1.97. The molecule has 0 radical (unpaired) electrons. The van der Waals surface area contributed by atoms with E-state index < -0.39 is 15.1 Å². The standard InChI is InChI=1S/C18H20N4O3S/c1-21(2)18-19-8-13-11-26(24,25)15-10-22(9-14(15)16(13)20-18)17(23)12-6-4-3-5-7-12/h3-8,14-15H,9-11H2,1-2H3/t14-,15-/m0/s1. The molecule has 1 aromatic carbocycles. The monoisotopic (exact) mass is 372 g/mol. The number of fused-ring (bicyclic) bond motifs is 3. The number of carbonyl (C=O) groups excluding carboxylic acids is 1. The SMILES string of the molecule is CN(C)c1ncc2c(n1)[C@H]1CN(C(=O)c3ccccc3)C[C@@H]1S(=O)(=O)C2. The first-order valence-corrected chi connectivity index (χ1v) is 10.2. The summed E-state index contributed by atoms with van der Waals surface area (Å²) in [6.45, 7) is 0.565. The first kappa shape index (κ1) is 17.0. The number of hydrogen-bond donors (Lipinski definition) is 0. The van der Waals surface area contributed by atoms with Gasteiger partial charge in [-0.1, -0.05) is 18.2 Å². The van der Waals surface area contributed by atoms with Crippen molar-refractivity contribution in [1.82, 2.24) is 14.9 Å². The van der Waals surface area contributed by atoms with Crippen LogP contribution >= 0.6 is 0 Å². The van der Waals surface area contributed by atoms with E-state index in [0.717, 1.165) is 5.69 Å². The molecule has 26 heavy (non-hydrogen) atoms. The molecular formula is C18H20N4O3S. The highest BCUT2D eigenvalue weighted by atomic mass is 32.2. The van der Waals surface area contributed by atoms with Gasteiger partial charge in [0.1, 0.15) is 0 Å². The van der Waals surface area contributed by atoms with Crippen LogP contribution in [0.1, 0.15) is 27.5 Å². The Morgan fingerprint density at radius 1 is 1.19 bits per heavy atom. The Kier molecular flexibility index (Phi) is 3.95. The van der Waals surface area contributed by atoms with Crippen molar-refractivity contribution in [2.24, 2.45) is 0 Å². The third-order valence-electron chi connectivity index (χ3n) is 5.03. The highest BCUT2D eigenvalue weighted by molar-refractivity contribution is 7.91. The summed E-state index contributed by atoms with van der Waals surface area (Å²) in [5.74, 6) is 0.0382. The first-order valence-electron chi connectivity index (χ1n) is 8.46. The number of hydrogen-bond acceptors (Lipinski definition) is 6. The van der Waals surface area contributed by atoms with Crippen LogP contribution in [0, 0.1) is 0 Å². The summed E-state index contributed by atoms with van der Waals surface area (Å²) in [7, 11) is 0.349. The second-order valence-electron chi connectivity index (χ2n) is 7.00. The fourth-order valence-corrected chi connectivity index (χ4v) is 5.70. The van der Waals surface area contributed by atoms with Gasteiger partial charge in [0.25, 0.3) is 5.91 Å². The molecular weight excluding hydrogens is 352 g/mol. The second-order valence-corrected chi connectivity index (χ2v) is 9.22. The largest absolute Gasteiger partial charge is 0.347 e. The molecule has 0 spiro atoms. The van der Waals surface area contributed by atoms with E-state index in [9.17, 15) is 13.2 Å². The molecule has 7 nitrogen and oxygen atoms in total. The maximum Gasteiger partial charge on any atom is 0.253 e. The summed E-state index contributed by atoms with van der Waals surface area (Å²) in [5, 5.41) is -0.604. The topological polar surface area (TPSA) is 83.5 Å². The minimum atomic E-state index is -3.34. The van der Waals surface area contributed by atoms with Gasteiger partial charge in [0.05, 0.1) is 16.7 Å². The Balaban J connectivity index is 1.71. The van der Waals surface area contributed by atoms with Crippen LogP contribution in [0.15, 0.2) is 36.5 Å². The van der Waals surface area contributed by atoms with E-state index in [0.29, 0.717) is 23.6 Å². The molecule has 1 fully saturated rings. The van der Waals surface area contributed by atoms with Crippen LogP contribution in [0.5, 0.6) is 0 Å². The van der Waals surface area contributed by atoms with Gasteiger partial charge in [-0.15, -0.1) is 0 Å². The lowest BCUT2D eigenvalue weighted by atomic mass is 10.00. The third-order valence-corrected chi connectivity index (χ3v) is 7.14. The van der Waals surface area contributed by atoms with E-state index in [-0.39, 0.29) is 24.1 Å². The molecule has 0 N–H and O–H groups in total. The summed E-state index contributed by atoms with van der Waals surface area (Å²) in [6.07, 6.45) is 1.60. The van der Waals surface area contributed by atoms with Gasteiger partial charge in [-0.2, -0.15) is 0 Å². The summed E-state index contributed by atoms with van der Waals surface area (Å²) in [6, 6.07) is 8.96. The van der Waals surface area contributed by atoms with Crippen LogP contribution in [0.3, 0.4) is 0 Å². The number of aromatic nitrogens is 2. The Labute approximate surface area is 152 Å². The predicted molar refractivity (Wildman–Crippen MR) is 97.9 cm³/mol. The molecule has 2 aromatic rings. The van der Waals surface area contributed by atoms with E-state index in [2.05, 4.69) is 9.97 Å². The molecule has 136 valence electrons. The lowest BCUT2D eigenvalue weighted by molar-refractivity contribution is 0.0791. The zero-order valence-corrected chi connectivity index (χ0v) is 15.5. The molecule has 0 saturated carbocycles. The van der Waals surface area contributed by atoms with Crippen molar-refractivity contribution in [1.29, 1.82) is 0 Å². The molecule has 1 saturated heterocycles. The average molecular weight is 372 g/mol. The van der Waals surface area contributed by atoms with Crippen LogP contribution < -0.4 is 4.90 Å². The van der Waals surface area contributed by atoms with Crippen molar-refractivity contribution in [2.75, 3.05) is 32.1 Å². The van der Waals surface area contributed by atoms with Crippen molar-refractivity contribution in [3.63, 3.8) is 0 Å². The summed E-state index contributed by atoms with van der Waals surface area (Å²) >= 11 is 0. The fourth-order valence-electron chi connectivity index (χ4n) is 3.71. The van der Waals surface area contributed by atoms with E-state index in [4.69, 9.17) is 0 Å². The average Bonchev–Trinajstić information content (AvgIpc) is 3.08. The second kappa shape index (κ2) is 6.05. The van der Waals surface area contributed by atoms with E-state index in [1.165, 1.54) is 0 Å². The Morgan fingerprint density at radius 3 is 2.62 bits per heavy atom. The van der Waals surface area contributed by atoms with E-state index in [1.807, 2.05) is 20.2 Å². The Hall–Kier alpha value is -2.48. The van der Waals surface area contributed by atoms with Crippen LogP contribution in [0.2, 0.25) is 0 Å². The molecule has 8 heteroatoms. The zero-order valence-electron chi connectivity index (χ0n) is 14.7. The molecule has 2 aliphatic heterocycles. The summed E-state index contributed by atoms with van der Waals surface area (Å²) < 4.78 is 25.5. The van der Waals surface area contributed by atoms with Gasteiger partial charge in [-0.3, -0.25) is 4.79 Å². The number of benzene rings is 1. The fraction of sp³-hybridized carbons (Fsp3) is 0.389. The number of carbonyl (C=O) groups is 1. The van der Waals surface area contributed by atoms with Crippen LogP contribution in [-0.4, -0.2) is 61.6 Å². The third kappa shape index (κ3) is 2.74. The minimum Gasteiger partial charge on any atom is -0.347 e. The van der Waals surface area contributed by atoms with Crippen molar-refractivity contribution in [2.45, 2.75) is 16.9 Å². The van der Waals surface area contributed by atoms with Gasteiger partial charge in [0.2, 0.25) is 5.95 Å². The molecule has 3 heterocycles. The first-order chi connectivity index (χ1) is 12.4. The Morgan fingerprint density at radius 2 is 1.92 bits per heavy atom. The van der Waals surface area contributed by atoms with Gasteiger partial charge in [-0.05, 0) is 12.1 Å². The lowest BCUT2D eigenvalue weighted by Crippen LogP contribution is -2.36. The van der Waals surface area contributed by atoms with E-state index >= 15 is 0 Å². The van der Waals surface area contributed by atoms with Gasteiger partial charge in [0.15, 0.2) is 9.84 Å². The Bertz CT molecular complexity index is 960. The van der Waals surface area contributed by atoms with Crippen molar-refractivity contribution < 1.29 is 13.2 Å². The van der Waals surface area contributed by atoms with Crippen LogP contribution in [0.25, 0.3) is 0 Å². The van der Waals surface area contributed by atoms with Crippen molar-refractivity contribution in [3.05, 3.63) is 53.3 Å². The van der Waals surface area contributed by atoms with Crippen molar-refractivity contribution >= 4 is 21.7 Å². The summed E-state index contributed by atoms with van der Waals surface area (Å²) in [4.78, 5) is 25.0. The maximum absolute atomic E-state index is 12.8. The molecule has 1 amide bonds. The van der Waals surface area contributed by atoms with Gasteiger partial charge >= 0.3 is 0 Å². The van der Waals surface area contributed by atoms with E-state index in [1.54, 1.807) is 40.3 Å². The number of sulfone groups is 1. The number of nitrogens with zero attached hydrogens (tertiary/aromatic N) is 4. The normalized spacial score (nSPS) is 23.2. The molecule has 2 atom stereocenters. The van der Waals surface area contributed by atoms with Crippen LogP contribution in [0.4, 0.5) is 5.95 Å². The van der Waals surface area contributed by atoms with Crippen LogP contribution in [-0.2, 0) is 15.6 Å². The van der Waals surface area contributed by atoms with Gasteiger partial charge in [0, 0.05) is 50.4 Å². The minimum absolute atomic E-state index is 0.0649. The quantitative estimate of drug-likeness (QED) is 0.784. The van der Waals surface area contributed by atoms with Gasteiger partial charge < -0.3 is 9.80 Å². The highest BCUT2D eigenvalue weighted by Crippen LogP contribution is 2.39. The predicted octanol–water partition coefficient (Wildman–Crippen LogP) is 1.08. The zero-order chi connectivity index (χ0) is 18.5. The molecule has 2 aliphatic rings. The smallest absolute Gasteiger partial charge is 0.253 e. The number of rotatable bonds is 2. The molecule has 0 bridgehead atoms. The molecule has 0 unspecified atom stereocenters. The number of likely N-dealkylation sites (tertiary alicyclic amines) is 1. The lowest BCUT2D eigenvalue weighted by Gasteiger charge is -2.26. The molecule has 0 aliphatic carbocycles. The molecule has 4 rings (SSSR count). The number of anilines is 1. The van der Waals surface area contributed by atoms with Crippen molar-refractivity contribution in [3.8, 4) is 0 Å². The maximum atomic E-state index is 12.8. The highest BCUT2D eigenvalue weighted by Gasteiger charge is 2.48.